The van der Waals surface area contributed by atoms with E-state index < -0.39 is 11.6 Å². The van der Waals surface area contributed by atoms with Crippen molar-refractivity contribution in [3.8, 4) is 0 Å². The molecule has 1 heterocycles. The minimum Gasteiger partial charge on any atom is -0.446 e. The van der Waals surface area contributed by atoms with Crippen molar-refractivity contribution in [1.29, 1.82) is 0 Å². The molecule has 1 aliphatic rings. The Morgan fingerprint density at radius 2 is 1.79 bits per heavy atom. The van der Waals surface area contributed by atoms with E-state index in [9.17, 15) is 9.59 Å². The van der Waals surface area contributed by atoms with Crippen LogP contribution in [-0.4, -0.2) is 34.7 Å². The van der Waals surface area contributed by atoms with Gasteiger partial charge in [0, 0.05) is 29.6 Å². The normalized spacial score (nSPS) is 19.7. The van der Waals surface area contributed by atoms with Crippen LogP contribution in [0.5, 0.6) is 0 Å². The largest absolute Gasteiger partial charge is 0.446 e. The number of unbranched alkanes of at least 4 members (excludes halogenated alkanes) is 1. The molecule has 0 saturated heterocycles. The minimum absolute atomic E-state index is 0.0479. The molecule has 3 N–H and O–H groups in total. The van der Waals surface area contributed by atoms with E-state index in [2.05, 4.69) is 53.7 Å². The zero-order valence-corrected chi connectivity index (χ0v) is 23.8. The third-order valence-corrected chi connectivity index (χ3v) is 8.33. The molecule has 1 fully saturated rings. The highest BCUT2D eigenvalue weighted by atomic mass is 16.6. The van der Waals surface area contributed by atoms with Gasteiger partial charge >= 0.3 is 6.09 Å². The van der Waals surface area contributed by atoms with E-state index in [4.69, 9.17) is 4.74 Å². The van der Waals surface area contributed by atoms with Crippen LogP contribution in [-0.2, 0) is 22.4 Å². The summed E-state index contributed by atoms with van der Waals surface area (Å²) in [5, 5.41) is 7.32. The zero-order chi connectivity index (χ0) is 27.7. The lowest BCUT2D eigenvalue weighted by molar-refractivity contribution is -0.127. The summed E-state index contributed by atoms with van der Waals surface area (Å²) < 4.78 is 5.87. The predicted molar refractivity (Wildman–Crippen MR) is 158 cm³/mol. The Labute approximate surface area is 233 Å². The highest BCUT2D eigenvalue weighted by molar-refractivity contribution is 5.91. The molecule has 0 bridgehead atoms. The molecule has 210 valence electrons. The lowest BCUT2D eigenvalue weighted by atomic mass is 9.88. The Morgan fingerprint density at radius 1 is 1.05 bits per heavy atom. The molecule has 4 unspecified atom stereocenters. The van der Waals surface area contributed by atoms with Crippen LogP contribution >= 0.6 is 0 Å². The summed E-state index contributed by atoms with van der Waals surface area (Å²) >= 11 is 0. The average Bonchev–Trinajstić information content (AvgIpc) is 3.34. The van der Waals surface area contributed by atoms with Crippen molar-refractivity contribution < 1.29 is 14.3 Å². The van der Waals surface area contributed by atoms with E-state index in [-0.39, 0.29) is 18.1 Å². The topological polar surface area (TPSA) is 83.2 Å². The van der Waals surface area contributed by atoms with Gasteiger partial charge in [-0.1, -0.05) is 75.2 Å². The summed E-state index contributed by atoms with van der Waals surface area (Å²) in [5.41, 5.74) is 2.19. The second-order valence-electron chi connectivity index (χ2n) is 11.5. The number of ether oxygens (including phenoxy) is 1. The van der Waals surface area contributed by atoms with Crippen LogP contribution in [0, 0.1) is 5.92 Å². The van der Waals surface area contributed by atoms with Crippen LogP contribution in [0.15, 0.2) is 60.8 Å². The molecule has 0 spiro atoms. The molecule has 2 amide bonds. The summed E-state index contributed by atoms with van der Waals surface area (Å²) in [6.45, 7) is 6.06. The number of hydrogen-bond acceptors (Lipinski definition) is 3. The number of fused-ring (bicyclic) bond motifs is 1. The Morgan fingerprint density at radius 3 is 2.56 bits per heavy atom. The number of carbonyl (C=O) groups is 2. The summed E-state index contributed by atoms with van der Waals surface area (Å²) in [6.07, 6.45) is 10.8. The number of alkyl carbamates (subject to hydrolysis) is 1. The molecule has 4 atom stereocenters. The van der Waals surface area contributed by atoms with Crippen LogP contribution in [0.1, 0.15) is 83.3 Å². The SMILES string of the molecule is CCC(CCCCc1ccccc1)NC(=O)C(C)(Cc1c[nH]c2ccccc12)NC(=O)OC1CCCCC1C. The molecule has 0 radical (unpaired) electrons. The second kappa shape index (κ2) is 13.7. The Hall–Kier alpha value is -3.28. The quantitative estimate of drug-likeness (QED) is 0.218. The van der Waals surface area contributed by atoms with Crippen molar-refractivity contribution in [1.82, 2.24) is 15.6 Å². The average molecular weight is 532 g/mol. The maximum absolute atomic E-state index is 13.9. The lowest BCUT2D eigenvalue weighted by Crippen LogP contribution is -2.60. The number of aromatic amines is 1. The molecule has 4 rings (SSSR count). The first kappa shape index (κ1) is 28.7. The number of carbonyl (C=O) groups excluding carboxylic acids is 2. The molecular formula is C33H45N3O3. The molecule has 0 aliphatic heterocycles. The summed E-state index contributed by atoms with van der Waals surface area (Å²) in [7, 11) is 0. The van der Waals surface area contributed by atoms with Gasteiger partial charge in [0.15, 0.2) is 0 Å². The highest BCUT2D eigenvalue weighted by Gasteiger charge is 2.38. The van der Waals surface area contributed by atoms with E-state index in [0.717, 1.165) is 67.8 Å². The first-order valence-corrected chi connectivity index (χ1v) is 14.8. The molecule has 39 heavy (non-hydrogen) atoms. The number of H-pyrrole nitrogens is 1. The smallest absolute Gasteiger partial charge is 0.408 e. The zero-order valence-electron chi connectivity index (χ0n) is 23.8. The van der Waals surface area contributed by atoms with E-state index in [1.807, 2.05) is 43.5 Å². The first-order valence-electron chi connectivity index (χ1n) is 14.8. The number of aromatic nitrogens is 1. The van der Waals surface area contributed by atoms with Gasteiger partial charge < -0.3 is 20.4 Å². The van der Waals surface area contributed by atoms with Gasteiger partial charge in [-0.3, -0.25) is 4.79 Å². The van der Waals surface area contributed by atoms with Crippen molar-refractivity contribution in [2.75, 3.05) is 0 Å². The van der Waals surface area contributed by atoms with Crippen molar-refractivity contribution in [3.63, 3.8) is 0 Å². The maximum atomic E-state index is 13.9. The molecule has 6 heteroatoms. The molecular weight excluding hydrogens is 486 g/mol. The second-order valence-corrected chi connectivity index (χ2v) is 11.5. The van der Waals surface area contributed by atoms with Gasteiger partial charge in [0.25, 0.3) is 0 Å². The number of aryl methyl sites for hydroxylation is 1. The van der Waals surface area contributed by atoms with Gasteiger partial charge in [0.2, 0.25) is 5.91 Å². The number of rotatable bonds is 12. The van der Waals surface area contributed by atoms with Crippen molar-refractivity contribution in [2.45, 2.75) is 103 Å². The lowest BCUT2D eigenvalue weighted by Gasteiger charge is -2.33. The molecule has 2 aromatic carbocycles. The summed E-state index contributed by atoms with van der Waals surface area (Å²) in [4.78, 5) is 30.3. The number of amides is 2. The molecule has 3 aromatic rings. The van der Waals surface area contributed by atoms with Gasteiger partial charge in [0.05, 0.1) is 0 Å². The van der Waals surface area contributed by atoms with Crippen LogP contribution in [0.3, 0.4) is 0 Å². The van der Waals surface area contributed by atoms with Crippen molar-refractivity contribution in [2.24, 2.45) is 5.92 Å². The number of para-hydroxylation sites is 1. The van der Waals surface area contributed by atoms with Gasteiger partial charge in [-0.25, -0.2) is 4.79 Å². The van der Waals surface area contributed by atoms with Crippen molar-refractivity contribution in [3.05, 3.63) is 71.9 Å². The molecule has 1 aromatic heterocycles. The van der Waals surface area contributed by atoms with E-state index >= 15 is 0 Å². The standard InChI is InChI=1S/C33H45N3O3/c1-4-27(18-10-9-17-25-15-6-5-7-16-25)35-31(37)33(3,22-26-23-34-29-20-12-11-19-28(26)29)36-32(38)39-30-21-13-8-14-24(30)2/h5-7,11-12,15-16,19-20,23-24,27,30,34H,4,8-10,13-14,17-18,21-22H2,1-3H3,(H,35,37)(H,36,38). The third kappa shape index (κ3) is 7.87. The summed E-state index contributed by atoms with van der Waals surface area (Å²) in [6, 6.07) is 18.6. The maximum Gasteiger partial charge on any atom is 0.408 e. The Bertz CT molecular complexity index is 1210. The minimum atomic E-state index is -1.16. The third-order valence-electron chi connectivity index (χ3n) is 8.33. The van der Waals surface area contributed by atoms with Gasteiger partial charge in [-0.2, -0.15) is 0 Å². The van der Waals surface area contributed by atoms with Crippen LogP contribution in [0.25, 0.3) is 10.9 Å². The van der Waals surface area contributed by atoms with E-state index in [1.54, 1.807) is 0 Å². The van der Waals surface area contributed by atoms with Crippen LogP contribution < -0.4 is 10.6 Å². The van der Waals surface area contributed by atoms with Crippen molar-refractivity contribution >= 4 is 22.9 Å². The molecule has 1 aliphatic carbocycles. The van der Waals surface area contributed by atoms with E-state index in [1.165, 1.54) is 12.0 Å². The van der Waals surface area contributed by atoms with Crippen LogP contribution in [0.2, 0.25) is 0 Å². The van der Waals surface area contributed by atoms with Gasteiger partial charge in [0.1, 0.15) is 11.6 Å². The monoisotopic (exact) mass is 531 g/mol. The fourth-order valence-corrected chi connectivity index (χ4v) is 5.78. The molecule has 1 saturated carbocycles. The number of hydrogen-bond donors (Lipinski definition) is 3. The Balaban J connectivity index is 1.43. The van der Waals surface area contributed by atoms with Gasteiger partial charge in [-0.05, 0) is 75.0 Å². The first-order chi connectivity index (χ1) is 18.9. The Kier molecular flexibility index (Phi) is 10.1. The summed E-state index contributed by atoms with van der Waals surface area (Å²) in [5.74, 6) is 0.162. The van der Waals surface area contributed by atoms with E-state index in [0.29, 0.717) is 12.3 Å². The van der Waals surface area contributed by atoms with Gasteiger partial charge in [-0.15, -0.1) is 0 Å². The highest BCUT2D eigenvalue weighted by Crippen LogP contribution is 2.27. The fourth-order valence-electron chi connectivity index (χ4n) is 5.78. The number of nitrogens with one attached hydrogen (secondary N) is 3. The predicted octanol–water partition coefficient (Wildman–Crippen LogP) is 7.08. The number of benzene rings is 2. The fraction of sp³-hybridized carbons (Fsp3) is 0.515. The van der Waals surface area contributed by atoms with Crippen LogP contribution in [0.4, 0.5) is 4.79 Å². The molecule has 6 nitrogen and oxygen atoms in total.